The molecule has 5 heteroatoms. The summed E-state index contributed by atoms with van der Waals surface area (Å²) in [6.45, 7) is 9.74. The highest BCUT2D eigenvalue weighted by Crippen LogP contribution is 2.43. The standard InChI is InChI=1S/C18H31NO4/c1-6-12(3)15(11-20)19-16(22)8-9-18(5)17(23-18)13(4)10-14(21)7-2/h8-9,12-13,15,17,20H,6-7,10-11H2,1-5H3,(H,19,22)/t12-,13-,15+,17-,18+/m0/s1. The fourth-order valence-electron chi connectivity index (χ4n) is 2.79. The van der Waals surface area contributed by atoms with Gasteiger partial charge in [-0.05, 0) is 24.8 Å². The molecule has 0 aromatic rings. The summed E-state index contributed by atoms with van der Waals surface area (Å²) >= 11 is 0. The molecule has 132 valence electrons. The van der Waals surface area contributed by atoms with Gasteiger partial charge >= 0.3 is 0 Å². The fraction of sp³-hybridized carbons (Fsp3) is 0.778. The Kier molecular flexibility index (Phi) is 7.42. The Balaban J connectivity index is 2.51. The van der Waals surface area contributed by atoms with E-state index in [0.717, 1.165) is 6.42 Å². The lowest BCUT2D eigenvalue weighted by atomic mass is 9.92. The van der Waals surface area contributed by atoms with Gasteiger partial charge in [-0.2, -0.15) is 0 Å². The second-order valence-electron chi connectivity index (χ2n) is 6.81. The Morgan fingerprint density at radius 2 is 2.00 bits per heavy atom. The molecule has 1 amide bonds. The fourth-order valence-corrected chi connectivity index (χ4v) is 2.79. The Labute approximate surface area is 139 Å². The Hall–Kier alpha value is -1.20. The predicted octanol–water partition coefficient (Wildman–Crippen LogP) is 2.23. The highest BCUT2D eigenvalue weighted by molar-refractivity contribution is 5.88. The maximum Gasteiger partial charge on any atom is 0.244 e. The second-order valence-corrected chi connectivity index (χ2v) is 6.81. The number of ketones is 1. The first kappa shape index (κ1) is 19.8. The largest absolute Gasteiger partial charge is 0.394 e. The zero-order valence-corrected chi connectivity index (χ0v) is 15.0. The van der Waals surface area contributed by atoms with Crippen LogP contribution < -0.4 is 5.32 Å². The number of carbonyl (C=O) groups excluding carboxylic acids is 2. The van der Waals surface area contributed by atoms with Crippen LogP contribution in [0.15, 0.2) is 12.2 Å². The first-order valence-corrected chi connectivity index (χ1v) is 8.57. The van der Waals surface area contributed by atoms with E-state index in [0.29, 0.717) is 12.8 Å². The summed E-state index contributed by atoms with van der Waals surface area (Å²) in [5.41, 5.74) is -0.476. The van der Waals surface area contributed by atoms with Crippen LogP contribution >= 0.6 is 0 Å². The van der Waals surface area contributed by atoms with Crippen molar-refractivity contribution in [3.05, 3.63) is 12.2 Å². The van der Waals surface area contributed by atoms with Crippen LogP contribution in [-0.4, -0.2) is 41.2 Å². The number of nitrogens with one attached hydrogen (secondary N) is 1. The molecule has 2 N–H and O–H groups in total. The molecule has 0 aromatic heterocycles. The summed E-state index contributed by atoms with van der Waals surface area (Å²) < 4.78 is 5.69. The lowest BCUT2D eigenvalue weighted by Gasteiger charge is -2.21. The molecule has 0 saturated carbocycles. The van der Waals surface area contributed by atoms with Gasteiger partial charge in [-0.15, -0.1) is 0 Å². The summed E-state index contributed by atoms with van der Waals surface area (Å²) in [6.07, 6.45) is 5.15. The van der Waals surface area contributed by atoms with Gasteiger partial charge in [-0.3, -0.25) is 9.59 Å². The molecule has 0 aromatic carbocycles. The minimum atomic E-state index is -0.476. The van der Waals surface area contributed by atoms with Gasteiger partial charge in [-0.25, -0.2) is 0 Å². The summed E-state index contributed by atoms with van der Waals surface area (Å²) in [4.78, 5) is 23.5. The molecular weight excluding hydrogens is 294 g/mol. The van der Waals surface area contributed by atoms with Crippen molar-refractivity contribution in [3.63, 3.8) is 0 Å². The number of rotatable bonds is 10. The van der Waals surface area contributed by atoms with Gasteiger partial charge < -0.3 is 15.2 Å². The average molecular weight is 325 g/mol. The summed E-state index contributed by atoms with van der Waals surface area (Å²) in [7, 11) is 0. The van der Waals surface area contributed by atoms with Crippen LogP contribution in [0.2, 0.25) is 0 Å². The minimum Gasteiger partial charge on any atom is -0.394 e. The van der Waals surface area contributed by atoms with Crippen molar-refractivity contribution in [2.45, 2.75) is 71.6 Å². The number of aliphatic hydroxyl groups excluding tert-OH is 1. The Morgan fingerprint density at radius 3 is 2.52 bits per heavy atom. The van der Waals surface area contributed by atoms with E-state index >= 15 is 0 Å². The van der Waals surface area contributed by atoms with Crippen molar-refractivity contribution in [2.75, 3.05) is 6.61 Å². The quantitative estimate of drug-likeness (QED) is 0.477. The van der Waals surface area contributed by atoms with Crippen molar-refractivity contribution in [1.82, 2.24) is 5.32 Å². The van der Waals surface area contributed by atoms with E-state index in [1.807, 2.05) is 34.6 Å². The SMILES string of the molecule is CCC(=O)C[C@H](C)[C@@H]1O[C@]1(C)C=CC(=O)N[C@H](CO)[C@@H](C)CC. The van der Waals surface area contributed by atoms with Gasteiger partial charge in [0.2, 0.25) is 5.91 Å². The lowest BCUT2D eigenvalue weighted by molar-refractivity contribution is -0.120. The molecule has 1 aliphatic rings. The molecule has 0 unspecified atom stereocenters. The van der Waals surface area contributed by atoms with Gasteiger partial charge in [0.05, 0.1) is 18.8 Å². The molecular formula is C18H31NO4. The maximum atomic E-state index is 12.0. The van der Waals surface area contributed by atoms with Gasteiger partial charge in [0.1, 0.15) is 11.4 Å². The molecule has 1 aliphatic heterocycles. The summed E-state index contributed by atoms with van der Waals surface area (Å²) in [5.74, 6) is 0.372. The van der Waals surface area contributed by atoms with E-state index in [2.05, 4.69) is 5.32 Å². The third kappa shape index (κ3) is 5.74. The topological polar surface area (TPSA) is 78.9 Å². The van der Waals surface area contributed by atoms with Crippen molar-refractivity contribution in [3.8, 4) is 0 Å². The molecule has 1 fully saturated rings. The van der Waals surface area contributed by atoms with E-state index < -0.39 is 5.60 Å². The number of hydrogen-bond acceptors (Lipinski definition) is 4. The molecule has 0 radical (unpaired) electrons. The van der Waals surface area contributed by atoms with Crippen LogP contribution in [0.5, 0.6) is 0 Å². The monoisotopic (exact) mass is 325 g/mol. The maximum absolute atomic E-state index is 12.0. The molecule has 0 spiro atoms. The van der Waals surface area contributed by atoms with Gasteiger partial charge in [0.25, 0.3) is 0 Å². The molecule has 5 nitrogen and oxygen atoms in total. The van der Waals surface area contributed by atoms with Crippen molar-refractivity contribution < 1.29 is 19.4 Å². The predicted molar refractivity (Wildman–Crippen MR) is 90.0 cm³/mol. The van der Waals surface area contributed by atoms with Gasteiger partial charge in [-0.1, -0.05) is 34.1 Å². The highest BCUT2D eigenvalue weighted by atomic mass is 16.6. The summed E-state index contributed by atoms with van der Waals surface area (Å²) in [5, 5.41) is 12.2. The van der Waals surface area contributed by atoms with Crippen LogP contribution in [-0.2, 0) is 14.3 Å². The van der Waals surface area contributed by atoms with Crippen molar-refractivity contribution in [2.24, 2.45) is 11.8 Å². The molecule has 1 heterocycles. The number of aliphatic hydroxyl groups is 1. The molecule has 0 bridgehead atoms. The van der Waals surface area contributed by atoms with Crippen LogP contribution in [0.3, 0.4) is 0 Å². The molecule has 23 heavy (non-hydrogen) atoms. The zero-order valence-electron chi connectivity index (χ0n) is 15.0. The Bertz CT molecular complexity index is 448. The first-order valence-electron chi connectivity index (χ1n) is 8.57. The second kappa shape index (κ2) is 8.60. The van der Waals surface area contributed by atoms with Gasteiger partial charge in [0.15, 0.2) is 0 Å². The number of epoxide rings is 1. The number of hydrogen-bond donors (Lipinski definition) is 2. The minimum absolute atomic E-state index is 0.0229. The lowest BCUT2D eigenvalue weighted by Crippen LogP contribution is -2.41. The van der Waals surface area contributed by atoms with Crippen molar-refractivity contribution >= 4 is 11.7 Å². The van der Waals surface area contributed by atoms with E-state index in [4.69, 9.17) is 4.74 Å². The smallest absolute Gasteiger partial charge is 0.244 e. The Morgan fingerprint density at radius 1 is 1.35 bits per heavy atom. The summed E-state index contributed by atoms with van der Waals surface area (Å²) in [6, 6.07) is -0.234. The highest BCUT2D eigenvalue weighted by Gasteiger charge is 2.53. The molecule has 1 rings (SSSR count). The number of amides is 1. The molecule has 1 saturated heterocycles. The number of Topliss-reactive ketones (excluding diaryl/α,β-unsaturated/α-hetero) is 1. The van der Waals surface area contributed by atoms with Crippen LogP contribution in [0.1, 0.15) is 53.9 Å². The van der Waals surface area contributed by atoms with E-state index in [1.165, 1.54) is 6.08 Å². The number of carbonyl (C=O) groups is 2. The van der Waals surface area contributed by atoms with E-state index in [1.54, 1.807) is 6.08 Å². The first-order chi connectivity index (χ1) is 10.8. The molecule has 5 atom stereocenters. The van der Waals surface area contributed by atoms with Crippen LogP contribution in [0, 0.1) is 11.8 Å². The van der Waals surface area contributed by atoms with Crippen LogP contribution in [0.4, 0.5) is 0 Å². The third-order valence-electron chi connectivity index (χ3n) is 4.77. The normalized spacial score (nSPS) is 27.5. The third-order valence-corrected chi connectivity index (χ3v) is 4.77. The molecule has 0 aliphatic carbocycles. The number of ether oxygens (including phenoxy) is 1. The van der Waals surface area contributed by atoms with Crippen molar-refractivity contribution in [1.29, 1.82) is 0 Å². The van der Waals surface area contributed by atoms with Crippen LogP contribution in [0.25, 0.3) is 0 Å². The van der Waals surface area contributed by atoms with E-state index in [9.17, 15) is 14.7 Å². The zero-order chi connectivity index (χ0) is 17.6. The van der Waals surface area contributed by atoms with E-state index in [-0.39, 0.29) is 42.3 Å². The average Bonchev–Trinajstić information content (AvgIpc) is 3.22. The van der Waals surface area contributed by atoms with Gasteiger partial charge in [0, 0.05) is 18.9 Å².